The van der Waals surface area contributed by atoms with Gasteiger partial charge in [0, 0.05) is 16.3 Å². The second-order valence-electron chi connectivity index (χ2n) is 4.00. The minimum Gasteiger partial charge on any atom is -0.387 e. The van der Waals surface area contributed by atoms with Gasteiger partial charge in [0.2, 0.25) is 5.91 Å². The molecule has 0 atom stereocenters. The smallest absolute Gasteiger partial charge is 0.250 e. The highest BCUT2D eigenvalue weighted by atomic mass is 32.1. The Balaban J connectivity index is 1.99. The third kappa shape index (κ3) is 3.77. The topological polar surface area (TPSA) is 74.2 Å². The molecule has 1 aromatic heterocycles. The number of hydrogen-bond acceptors (Lipinski definition) is 5. The number of aryl methyl sites for hydroxylation is 1. The van der Waals surface area contributed by atoms with Gasteiger partial charge in [0.05, 0.1) is 17.7 Å². The van der Waals surface area contributed by atoms with E-state index in [1.54, 1.807) is 17.4 Å². The molecule has 0 aliphatic carbocycles. The van der Waals surface area contributed by atoms with Crippen LogP contribution in [0.5, 0.6) is 0 Å². The Hall–Kier alpha value is -1.92. The number of aliphatic hydroxyl groups is 1. The number of thiazole rings is 1. The van der Waals surface area contributed by atoms with Crippen molar-refractivity contribution in [1.82, 2.24) is 4.98 Å². The van der Waals surface area contributed by atoms with Crippen LogP contribution in [0.1, 0.15) is 10.6 Å². The molecule has 2 rings (SSSR count). The van der Waals surface area contributed by atoms with Crippen LogP contribution < -0.4 is 10.6 Å². The number of aliphatic hydroxyl groups excluding tert-OH is 1. The third-order valence-electron chi connectivity index (χ3n) is 2.59. The number of hydrogen-bond donors (Lipinski definition) is 3. The lowest BCUT2D eigenvalue weighted by molar-refractivity contribution is -0.118. The molecule has 19 heavy (non-hydrogen) atoms. The van der Waals surface area contributed by atoms with Crippen LogP contribution >= 0.6 is 11.3 Å². The van der Waals surface area contributed by atoms with Crippen LogP contribution in [0.2, 0.25) is 0 Å². The van der Waals surface area contributed by atoms with Gasteiger partial charge in [-0.05, 0) is 25.1 Å². The third-order valence-corrected chi connectivity index (χ3v) is 3.52. The highest BCUT2D eigenvalue weighted by molar-refractivity contribution is 7.09. The first kappa shape index (κ1) is 13.5. The van der Waals surface area contributed by atoms with Gasteiger partial charge in [-0.15, -0.1) is 11.3 Å². The normalized spacial score (nSPS) is 10.2. The zero-order valence-corrected chi connectivity index (χ0v) is 11.3. The molecule has 0 saturated carbocycles. The largest absolute Gasteiger partial charge is 0.387 e. The minimum atomic E-state index is -0.516. The Morgan fingerprint density at radius 2 is 2.21 bits per heavy atom. The van der Waals surface area contributed by atoms with Crippen LogP contribution in [0.3, 0.4) is 0 Å². The summed E-state index contributed by atoms with van der Waals surface area (Å²) in [5.41, 5.74) is 4.42. The molecule has 2 aromatic rings. The van der Waals surface area contributed by atoms with Crippen molar-refractivity contribution in [2.75, 3.05) is 17.2 Å². The Labute approximate surface area is 115 Å². The highest BCUT2D eigenvalue weighted by Crippen LogP contribution is 2.18. The van der Waals surface area contributed by atoms with Gasteiger partial charge >= 0.3 is 0 Å². The monoisotopic (exact) mass is 277 g/mol. The first-order valence-corrected chi connectivity index (χ1v) is 6.70. The Kier molecular flexibility index (Phi) is 4.48. The first-order valence-electron chi connectivity index (χ1n) is 5.82. The number of aromatic nitrogens is 1. The summed E-state index contributed by atoms with van der Waals surface area (Å²) in [4.78, 5) is 16.5. The predicted octanol–water partition coefficient (Wildman–Crippen LogP) is 1.99. The van der Waals surface area contributed by atoms with E-state index in [1.165, 1.54) is 4.88 Å². The molecule has 0 fully saturated rings. The number of carbonyl (C=O) groups is 1. The number of carbonyl (C=O) groups excluding carboxylic acids is 1. The van der Waals surface area contributed by atoms with Crippen LogP contribution in [-0.2, 0) is 11.3 Å². The van der Waals surface area contributed by atoms with Gasteiger partial charge in [-0.2, -0.15) is 0 Å². The molecular weight excluding hydrogens is 262 g/mol. The molecule has 5 nitrogen and oxygen atoms in total. The molecular formula is C13H15N3O2S. The Morgan fingerprint density at radius 3 is 2.89 bits per heavy atom. The number of benzene rings is 1. The van der Waals surface area contributed by atoms with Crippen molar-refractivity contribution in [3.63, 3.8) is 0 Å². The van der Waals surface area contributed by atoms with Crippen molar-refractivity contribution in [3.8, 4) is 0 Å². The van der Waals surface area contributed by atoms with E-state index < -0.39 is 12.5 Å². The summed E-state index contributed by atoms with van der Waals surface area (Å²) in [5, 5.41) is 14.6. The zero-order valence-electron chi connectivity index (χ0n) is 10.5. The van der Waals surface area contributed by atoms with E-state index in [0.29, 0.717) is 12.2 Å². The van der Waals surface area contributed by atoms with Gasteiger partial charge in [-0.3, -0.25) is 4.79 Å². The molecule has 1 aromatic carbocycles. The second kappa shape index (κ2) is 6.31. The quantitative estimate of drug-likeness (QED) is 0.781. The zero-order chi connectivity index (χ0) is 13.7. The summed E-state index contributed by atoms with van der Waals surface area (Å²) in [5.74, 6) is -0.421. The van der Waals surface area contributed by atoms with Gasteiger partial charge in [-0.25, -0.2) is 4.98 Å². The lowest BCUT2D eigenvalue weighted by atomic mass is 10.2. The first-order chi connectivity index (χ1) is 9.19. The van der Waals surface area contributed by atoms with Crippen LogP contribution in [0.4, 0.5) is 11.4 Å². The van der Waals surface area contributed by atoms with Crippen molar-refractivity contribution in [1.29, 1.82) is 0 Å². The van der Waals surface area contributed by atoms with E-state index in [-0.39, 0.29) is 0 Å². The van der Waals surface area contributed by atoms with Crippen LogP contribution in [0, 0.1) is 6.92 Å². The average molecular weight is 277 g/mol. The number of amides is 1. The molecule has 0 aliphatic rings. The fourth-order valence-corrected chi connectivity index (χ4v) is 2.30. The fraction of sp³-hybridized carbons (Fsp3) is 0.231. The van der Waals surface area contributed by atoms with E-state index in [0.717, 1.165) is 11.4 Å². The summed E-state index contributed by atoms with van der Waals surface area (Å²) in [6.07, 6.45) is 0. The van der Waals surface area contributed by atoms with Crippen molar-refractivity contribution < 1.29 is 9.90 Å². The van der Waals surface area contributed by atoms with E-state index in [2.05, 4.69) is 15.6 Å². The summed E-state index contributed by atoms with van der Waals surface area (Å²) in [7, 11) is 0. The van der Waals surface area contributed by atoms with Crippen molar-refractivity contribution in [2.45, 2.75) is 13.5 Å². The molecule has 0 unspecified atom stereocenters. The van der Waals surface area contributed by atoms with Crippen molar-refractivity contribution in [2.24, 2.45) is 0 Å². The van der Waals surface area contributed by atoms with Gasteiger partial charge in [0.25, 0.3) is 0 Å². The van der Waals surface area contributed by atoms with Crippen molar-refractivity contribution >= 4 is 28.6 Å². The van der Waals surface area contributed by atoms with E-state index in [9.17, 15) is 4.79 Å². The number of anilines is 2. The molecule has 1 heterocycles. The SMILES string of the molecule is Cc1ncsc1CNc1cccc(NC(=O)CO)c1. The Morgan fingerprint density at radius 1 is 1.42 bits per heavy atom. The van der Waals surface area contributed by atoms with Gasteiger partial charge in [0.15, 0.2) is 0 Å². The number of rotatable bonds is 5. The summed E-state index contributed by atoms with van der Waals surface area (Å²) in [6.45, 7) is 2.16. The molecule has 0 bridgehead atoms. The molecule has 6 heteroatoms. The van der Waals surface area contributed by atoms with Crippen LogP contribution in [-0.4, -0.2) is 22.6 Å². The lowest BCUT2D eigenvalue weighted by Crippen LogP contribution is -2.15. The predicted molar refractivity (Wildman–Crippen MR) is 76.3 cm³/mol. The molecule has 0 saturated heterocycles. The van der Waals surface area contributed by atoms with Gasteiger partial charge in [-0.1, -0.05) is 6.07 Å². The van der Waals surface area contributed by atoms with Crippen molar-refractivity contribution in [3.05, 3.63) is 40.3 Å². The Bertz CT molecular complexity index is 569. The molecule has 0 radical (unpaired) electrons. The number of nitrogens with zero attached hydrogens (tertiary/aromatic N) is 1. The molecule has 1 amide bonds. The lowest BCUT2D eigenvalue weighted by Gasteiger charge is -2.08. The minimum absolute atomic E-state index is 0.421. The number of nitrogens with one attached hydrogen (secondary N) is 2. The molecule has 3 N–H and O–H groups in total. The summed E-state index contributed by atoms with van der Waals surface area (Å²) in [6, 6.07) is 7.36. The standard InChI is InChI=1S/C13H15N3O2S/c1-9-12(19-8-15-9)6-14-10-3-2-4-11(5-10)16-13(18)7-17/h2-5,8,14,17H,6-7H2,1H3,(H,16,18). The van der Waals surface area contributed by atoms with Gasteiger partial charge in [0.1, 0.15) is 6.61 Å². The summed E-state index contributed by atoms with van der Waals surface area (Å²) >= 11 is 1.61. The van der Waals surface area contributed by atoms with E-state index in [4.69, 9.17) is 5.11 Å². The second-order valence-corrected chi connectivity index (χ2v) is 4.94. The molecule has 0 aliphatic heterocycles. The molecule has 100 valence electrons. The van der Waals surface area contributed by atoms with Gasteiger partial charge < -0.3 is 15.7 Å². The maximum absolute atomic E-state index is 11.1. The van der Waals surface area contributed by atoms with E-state index in [1.807, 2.05) is 30.6 Å². The van der Waals surface area contributed by atoms with E-state index >= 15 is 0 Å². The van der Waals surface area contributed by atoms with Crippen LogP contribution in [0.25, 0.3) is 0 Å². The molecule has 0 spiro atoms. The fourth-order valence-electron chi connectivity index (χ4n) is 1.59. The maximum Gasteiger partial charge on any atom is 0.250 e. The summed E-state index contributed by atoms with van der Waals surface area (Å²) < 4.78 is 0. The van der Waals surface area contributed by atoms with Crippen LogP contribution in [0.15, 0.2) is 29.8 Å². The highest BCUT2D eigenvalue weighted by Gasteiger charge is 2.03. The maximum atomic E-state index is 11.1. The average Bonchev–Trinajstić information content (AvgIpc) is 2.82.